The molecule has 142 valence electrons. The summed E-state index contributed by atoms with van der Waals surface area (Å²) in [7, 11) is 0. The molecule has 3 aromatic carbocycles. The molecule has 0 amide bonds. The highest BCUT2D eigenvalue weighted by molar-refractivity contribution is 6.30. The maximum absolute atomic E-state index is 13.7. The van der Waals surface area contributed by atoms with Crippen LogP contribution in [0, 0.1) is 5.82 Å². The molecule has 0 atom stereocenters. The van der Waals surface area contributed by atoms with Crippen LogP contribution in [0.5, 0.6) is 0 Å². The lowest BCUT2D eigenvalue weighted by molar-refractivity contribution is 0.624. The number of nitrogens with zero attached hydrogens (tertiary/aromatic N) is 3. The van der Waals surface area contributed by atoms with Gasteiger partial charge in [0.2, 0.25) is 5.78 Å². The quantitative estimate of drug-likeness (QED) is 0.417. The van der Waals surface area contributed by atoms with Crippen LogP contribution in [0.25, 0.3) is 28.1 Å². The minimum Gasteiger partial charge on any atom is -0.305 e. The molecule has 0 N–H and O–H groups in total. The molecule has 0 saturated heterocycles. The summed E-state index contributed by atoms with van der Waals surface area (Å²) in [5.41, 5.74) is 3.52. The summed E-state index contributed by atoms with van der Waals surface area (Å²) >= 11 is 6.12. The van der Waals surface area contributed by atoms with Crippen molar-refractivity contribution in [1.29, 1.82) is 0 Å². The Bertz CT molecular complexity index is 1440. The molecule has 6 heteroatoms. The van der Waals surface area contributed by atoms with Crippen LogP contribution < -0.4 is 5.56 Å². The van der Waals surface area contributed by atoms with Crippen molar-refractivity contribution in [3.8, 4) is 11.3 Å². The van der Waals surface area contributed by atoms with E-state index in [2.05, 4.69) is 0 Å². The second-order valence-electron chi connectivity index (χ2n) is 6.83. The number of fused-ring (bicyclic) bond motifs is 3. The molecule has 2 heterocycles. The smallest absolute Gasteiger partial charge is 0.260 e. The second-order valence-corrected chi connectivity index (χ2v) is 7.27. The molecule has 0 aliphatic heterocycles. The average Bonchev–Trinajstić information content (AvgIpc) is 3.02. The predicted octanol–water partition coefficient (Wildman–Crippen LogP) is 5.16. The molecule has 29 heavy (non-hydrogen) atoms. The van der Waals surface area contributed by atoms with Gasteiger partial charge in [-0.3, -0.25) is 4.79 Å². The van der Waals surface area contributed by atoms with Gasteiger partial charge in [0.15, 0.2) is 0 Å². The molecular weight excluding hydrogens is 389 g/mol. The molecule has 0 spiro atoms. The third-order valence-electron chi connectivity index (χ3n) is 4.91. The maximum Gasteiger partial charge on any atom is 0.260 e. The normalized spacial score (nSPS) is 11.4. The molecule has 2 aromatic heterocycles. The van der Waals surface area contributed by atoms with E-state index in [1.807, 2.05) is 47.0 Å². The third kappa shape index (κ3) is 3.09. The molecule has 5 aromatic rings. The summed E-state index contributed by atoms with van der Waals surface area (Å²) in [6.07, 6.45) is 0. The first kappa shape index (κ1) is 17.6. The fourth-order valence-corrected chi connectivity index (χ4v) is 3.83. The van der Waals surface area contributed by atoms with E-state index >= 15 is 0 Å². The molecule has 0 radical (unpaired) electrons. The Morgan fingerprint density at radius 3 is 2.48 bits per heavy atom. The molecule has 4 nitrogen and oxygen atoms in total. The summed E-state index contributed by atoms with van der Waals surface area (Å²) in [4.78, 5) is 17.8. The lowest BCUT2D eigenvalue weighted by Gasteiger charge is -2.08. The third-order valence-corrected chi connectivity index (χ3v) is 5.14. The number of hydrogen-bond acceptors (Lipinski definition) is 2. The molecule has 0 saturated carbocycles. The van der Waals surface area contributed by atoms with Crippen molar-refractivity contribution < 1.29 is 4.39 Å². The lowest BCUT2D eigenvalue weighted by Crippen LogP contribution is -2.14. The van der Waals surface area contributed by atoms with E-state index in [4.69, 9.17) is 16.6 Å². The predicted molar refractivity (Wildman–Crippen MR) is 113 cm³/mol. The first-order valence-corrected chi connectivity index (χ1v) is 9.49. The SMILES string of the molecule is O=c1cc(-c2cccc(Cl)c2)nc2n(Cc3cccc(F)c3)c3ccccc3n12. The summed E-state index contributed by atoms with van der Waals surface area (Å²) in [6, 6.07) is 22.8. The molecule has 0 aliphatic rings. The molecule has 0 unspecified atom stereocenters. The van der Waals surface area contributed by atoms with Crippen LogP contribution in [-0.2, 0) is 6.54 Å². The van der Waals surface area contributed by atoms with Crippen LogP contribution in [0.4, 0.5) is 4.39 Å². The van der Waals surface area contributed by atoms with E-state index in [1.165, 1.54) is 18.2 Å². The van der Waals surface area contributed by atoms with Crippen LogP contribution >= 0.6 is 11.6 Å². The van der Waals surface area contributed by atoms with E-state index < -0.39 is 0 Å². The maximum atomic E-state index is 13.7. The van der Waals surface area contributed by atoms with Crippen LogP contribution in [0.3, 0.4) is 0 Å². The van der Waals surface area contributed by atoms with Crippen molar-refractivity contribution in [3.05, 3.63) is 106 Å². The first-order chi connectivity index (χ1) is 14.1. The average molecular weight is 404 g/mol. The van der Waals surface area contributed by atoms with Gasteiger partial charge in [-0.1, -0.05) is 48.0 Å². The van der Waals surface area contributed by atoms with Gasteiger partial charge in [0, 0.05) is 16.7 Å². The van der Waals surface area contributed by atoms with Crippen molar-refractivity contribution in [1.82, 2.24) is 14.0 Å². The molecule has 0 bridgehead atoms. The van der Waals surface area contributed by atoms with Gasteiger partial charge in [-0.2, -0.15) is 0 Å². The zero-order valence-corrected chi connectivity index (χ0v) is 16.0. The fourth-order valence-electron chi connectivity index (χ4n) is 3.64. The topological polar surface area (TPSA) is 39.3 Å². The Balaban J connectivity index is 1.80. The van der Waals surface area contributed by atoms with Gasteiger partial charge in [-0.15, -0.1) is 0 Å². The summed E-state index contributed by atoms with van der Waals surface area (Å²) in [5.74, 6) is 0.200. The molecular formula is C23H15ClFN3O. The van der Waals surface area contributed by atoms with Crippen molar-refractivity contribution >= 4 is 28.4 Å². The van der Waals surface area contributed by atoms with E-state index in [-0.39, 0.29) is 11.4 Å². The van der Waals surface area contributed by atoms with Crippen molar-refractivity contribution in [3.63, 3.8) is 0 Å². The van der Waals surface area contributed by atoms with E-state index in [0.717, 1.165) is 22.2 Å². The van der Waals surface area contributed by atoms with Crippen LogP contribution in [0.2, 0.25) is 5.02 Å². The number of hydrogen-bond donors (Lipinski definition) is 0. The van der Waals surface area contributed by atoms with Gasteiger partial charge < -0.3 is 4.57 Å². The molecule has 0 aliphatic carbocycles. The molecule has 5 rings (SSSR count). The van der Waals surface area contributed by atoms with E-state index in [9.17, 15) is 9.18 Å². The van der Waals surface area contributed by atoms with Crippen LogP contribution in [-0.4, -0.2) is 14.0 Å². The second kappa shape index (κ2) is 6.87. The summed E-state index contributed by atoms with van der Waals surface area (Å²) < 4.78 is 17.2. The van der Waals surface area contributed by atoms with Crippen molar-refractivity contribution in [2.45, 2.75) is 6.54 Å². The highest BCUT2D eigenvalue weighted by atomic mass is 35.5. The Hall–Kier alpha value is -3.44. The zero-order chi connectivity index (χ0) is 20.0. The summed E-state index contributed by atoms with van der Waals surface area (Å²) in [6.45, 7) is 0.389. The minimum absolute atomic E-state index is 0.181. The van der Waals surface area contributed by atoms with Crippen molar-refractivity contribution in [2.75, 3.05) is 0 Å². The van der Waals surface area contributed by atoms with Crippen molar-refractivity contribution in [2.24, 2.45) is 0 Å². The fraction of sp³-hybridized carbons (Fsp3) is 0.0435. The van der Waals surface area contributed by atoms with Gasteiger partial charge in [-0.05, 0) is 42.0 Å². The Morgan fingerprint density at radius 2 is 1.69 bits per heavy atom. The highest BCUT2D eigenvalue weighted by Gasteiger charge is 2.15. The Labute approximate surface area is 170 Å². The summed E-state index contributed by atoms with van der Waals surface area (Å²) in [5, 5.41) is 0.574. The van der Waals surface area contributed by atoms with E-state index in [1.54, 1.807) is 22.6 Å². The van der Waals surface area contributed by atoms with E-state index in [0.29, 0.717) is 23.0 Å². The van der Waals surface area contributed by atoms with Gasteiger partial charge in [0.05, 0.1) is 23.3 Å². The van der Waals surface area contributed by atoms with Gasteiger partial charge >= 0.3 is 0 Å². The minimum atomic E-state index is -0.298. The van der Waals surface area contributed by atoms with Gasteiger partial charge in [-0.25, -0.2) is 13.8 Å². The lowest BCUT2D eigenvalue weighted by atomic mass is 10.1. The number of halogens is 2. The monoisotopic (exact) mass is 403 g/mol. The number of para-hydroxylation sites is 2. The number of rotatable bonds is 3. The van der Waals surface area contributed by atoms with Gasteiger partial charge in [0.25, 0.3) is 5.56 Å². The number of aromatic nitrogens is 3. The first-order valence-electron chi connectivity index (χ1n) is 9.11. The number of benzene rings is 3. The number of imidazole rings is 1. The zero-order valence-electron chi connectivity index (χ0n) is 15.2. The molecule has 0 fully saturated rings. The van der Waals surface area contributed by atoms with Gasteiger partial charge in [0.1, 0.15) is 5.82 Å². The standard InChI is InChI=1S/C23H15ClFN3O/c24-17-7-4-6-16(12-17)19-13-22(29)28-21-10-2-1-9-20(21)27(23(28)26-19)14-15-5-3-8-18(25)11-15/h1-13H,14H2. The van der Waals surface area contributed by atoms with Crippen LogP contribution in [0.1, 0.15) is 5.56 Å². The Morgan fingerprint density at radius 1 is 0.897 bits per heavy atom. The van der Waals surface area contributed by atoms with Crippen LogP contribution in [0.15, 0.2) is 83.7 Å². The Kier molecular flexibility index (Phi) is 4.18. The largest absolute Gasteiger partial charge is 0.305 e. The highest BCUT2D eigenvalue weighted by Crippen LogP contribution is 2.24.